The van der Waals surface area contributed by atoms with Gasteiger partial charge in [-0.3, -0.25) is 5.32 Å². The summed E-state index contributed by atoms with van der Waals surface area (Å²) in [7, 11) is 0. The molecule has 0 atom stereocenters. The van der Waals surface area contributed by atoms with Crippen molar-refractivity contribution in [2.75, 3.05) is 0 Å². The minimum Gasteiger partial charge on any atom is -0.410 e. The number of hydrogen-bond donors (Lipinski definition) is 2. The van der Waals surface area contributed by atoms with E-state index in [-0.39, 0.29) is 0 Å². The lowest BCUT2D eigenvalue weighted by atomic mass is 10.1. The molecule has 0 aliphatic heterocycles. The zero-order chi connectivity index (χ0) is 20.1. The van der Waals surface area contributed by atoms with E-state index in [0.29, 0.717) is 5.75 Å². The molecule has 5 heteroatoms. The number of rotatable bonds is 5. The first-order valence-corrected chi connectivity index (χ1v) is 9.15. The van der Waals surface area contributed by atoms with Crippen molar-refractivity contribution in [2.45, 2.75) is 0 Å². The lowest BCUT2D eigenvalue weighted by molar-refractivity contribution is 0.204. The molecule has 2 N–H and O–H groups in total. The highest BCUT2D eigenvalue weighted by Gasteiger charge is 2.15. The van der Waals surface area contributed by atoms with Crippen LogP contribution < -0.4 is 10.1 Å². The smallest absolute Gasteiger partial charge is 0.410 e. The summed E-state index contributed by atoms with van der Waals surface area (Å²) in [6, 6.07) is 27.4. The summed E-state index contributed by atoms with van der Waals surface area (Å²) >= 11 is 0. The highest BCUT2D eigenvalue weighted by molar-refractivity contribution is 5.81. The molecule has 4 aromatic rings. The summed E-state index contributed by atoms with van der Waals surface area (Å²) in [5.74, 6) is 1.18. The molecular weight excluding hydrogens is 362 g/mol. The van der Waals surface area contributed by atoms with Crippen LogP contribution in [0, 0.1) is 0 Å². The molecule has 29 heavy (non-hydrogen) atoms. The maximum Gasteiger partial charge on any atom is 0.416 e. The number of aromatic nitrogens is 2. The van der Waals surface area contributed by atoms with Crippen molar-refractivity contribution in [3.8, 4) is 39.7 Å². The van der Waals surface area contributed by atoms with Gasteiger partial charge in [-0.05, 0) is 30.5 Å². The van der Waals surface area contributed by atoms with E-state index >= 15 is 0 Å². The van der Waals surface area contributed by atoms with Crippen molar-refractivity contribution in [3.63, 3.8) is 0 Å². The Morgan fingerprint density at radius 1 is 0.862 bits per heavy atom. The number of nitrogens with zero attached hydrogens (tertiary/aromatic N) is 1. The van der Waals surface area contributed by atoms with Crippen LogP contribution in [0.1, 0.15) is 0 Å². The zero-order valence-corrected chi connectivity index (χ0v) is 15.6. The average molecular weight is 381 g/mol. The van der Waals surface area contributed by atoms with Gasteiger partial charge in [-0.25, -0.2) is 9.78 Å². The Kier molecular flexibility index (Phi) is 5.21. The van der Waals surface area contributed by atoms with E-state index in [4.69, 9.17) is 9.72 Å². The normalized spacial score (nSPS) is 10.3. The Labute approximate surface area is 168 Å². The largest absolute Gasteiger partial charge is 0.416 e. The van der Waals surface area contributed by atoms with Gasteiger partial charge in [-0.15, -0.1) is 0 Å². The fraction of sp³-hybridized carbons (Fsp3) is 0. The lowest BCUT2D eigenvalue weighted by Gasteiger charge is -2.04. The molecule has 0 saturated carbocycles. The molecule has 3 aromatic carbocycles. The van der Waals surface area contributed by atoms with E-state index in [1.807, 2.05) is 60.7 Å². The second-order valence-corrected chi connectivity index (χ2v) is 6.30. The first-order chi connectivity index (χ1) is 14.2. The van der Waals surface area contributed by atoms with Crippen LogP contribution in [0.2, 0.25) is 0 Å². The Morgan fingerprint density at radius 2 is 1.48 bits per heavy atom. The highest BCUT2D eigenvalue weighted by Crippen LogP contribution is 2.33. The number of hydrogen-bond acceptors (Lipinski definition) is 3. The van der Waals surface area contributed by atoms with Gasteiger partial charge in [0.1, 0.15) is 11.6 Å². The average Bonchev–Trinajstić information content (AvgIpc) is 3.21. The Balaban J connectivity index is 1.71. The van der Waals surface area contributed by atoms with Gasteiger partial charge in [0.25, 0.3) is 0 Å². The molecule has 0 fully saturated rings. The summed E-state index contributed by atoms with van der Waals surface area (Å²) in [6.07, 6.45) is 0.693. The van der Waals surface area contributed by atoms with Crippen molar-refractivity contribution in [2.24, 2.45) is 0 Å². The van der Waals surface area contributed by atoms with Crippen molar-refractivity contribution >= 4 is 6.09 Å². The highest BCUT2D eigenvalue weighted by atomic mass is 16.5. The number of amides is 1. The monoisotopic (exact) mass is 381 g/mol. The maximum atomic E-state index is 11.5. The second-order valence-electron chi connectivity index (χ2n) is 6.30. The van der Waals surface area contributed by atoms with Crippen LogP contribution >= 0.6 is 0 Å². The van der Waals surface area contributed by atoms with E-state index in [2.05, 4.69) is 29.0 Å². The lowest BCUT2D eigenvalue weighted by Crippen LogP contribution is -2.20. The molecule has 0 saturated heterocycles. The third-order valence-electron chi connectivity index (χ3n) is 4.37. The van der Waals surface area contributed by atoms with Crippen molar-refractivity contribution in [1.82, 2.24) is 15.3 Å². The van der Waals surface area contributed by atoms with Crippen molar-refractivity contribution < 1.29 is 9.53 Å². The molecule has 1 heterocycles. The molecule has 4 rings (SSSR count). The van der Waals surface area contributed by atoms with Gasteiger partial charge in [-0.1, -0.05) is 67.2 Å². The predicted octanol–water partition coefficient (Wildman–Crippen LogP) is 5.64. The summed E-state index contributed by atoms with van der Waals surface area (Å²) in [5.41, 5.74) is 4.83. The fourth-order valence-electron chi connectivity index (χ4n) is 3.03. The minimum atomic E-state index is -0.580. The Hall–Kier alpha value is -4.12. The van der Waals surface area contributed by atoms with Crippen LogP contribution in [0.25, 0.3) is 33.9 Å². The van der Waals surface area contributed by atoms with Gasteiger partial charge in [-0.2, -0.15) is 0 Å². The second kappa shape index (κ2) is 8.27. The molecule has 142 valence electrons. The van der Waals surface area contributed by atoms with Crippen LogP contribution in [0.3, 0.4) is 0 Å². The van der Waals surface area contributed by atoms with Crippen LogP contribution in [0.4, 0.5) is 4.79 Å². The van der Waals surface area contributed by atoms with Crippen LogP contribution in [0.15, 0.2) is 97.7 Å². The van der Waals surface area contributed by atoms with Crippen molar-refractivity contribution in [1.29, 1.82) is 0 Å². The SMILES string of the molecule is C=CNC(=O)Oc1ccc(-c2nc(-c3ccccc3)c(-c3ccccc3)[nH]2)cc1. The molecule has 0 aliphatic rings. The summed E-state index contributed by atoms with van der Waals surface area (Å²) in [4.78, 5) is 19.8. The fourth-order valence-corrected chi connectivity index (χ4v) is 3.03. The number of H-pyrrole nitrogens is 1. The Morgan fingerprint density at radius 3 is 2.10 bits per heavy atom. The number of carbonyl (C=O) groups excluding carboxylic acids is 1. The zero-order valence-electron chi connectivity index (χ0n) is 15.6. The number of imidazole rings is 1. The molecule has 0 spiro atoms. The summed E-state index contributed by atoms with van der Waals surface area (Å²) < 4.78 is 5.16. The maximum absolute atomic E-state index is 11.5. The first kappa shape index (κ1) is 18.3. The van der Waals surface area contributed by atoms with E-state index < -0.39 is 6.09 Å². The van der Waals surface area contributed by atoms with Crippen LogP contribution in [0.5, 0.6) is 5.75 Å². The molecule has 0 radical (unpaired) electrons. The van der Waals surface area contributed by atoms with E-state index in [1.165, 1.54) is 6.20 Å². The van der Waals surface area contributed by atoms with E-state index in [1.54, 1.807) is 12.1 Å². The molecule has 0 unspecified atom stereocenters. The van der Waals surface area contributed by atoms with Crippen molar-refractivity contribution in [3.05, 3.63) is 97.7 Å². The number of ether oxygens (including phenoxy) is 1. The molecular formula is C24H19N3O2. The molecule has 0 bridgehead atoms. The van der Waals surface area contributed by atoms with Crippen LogP contribution in [-0.4, -0.2) is 16.1 Å². The third kappa shape index (κ3) is 4.09. The van der Waals surface area contributed by atoms with Gasteiger partial charge in [0.2, 0.25) is 0 Å². The molecule has 1 aromatic heterocycles. The Bertz CT molecular complexity index is 1060. The molecule has 0 aliphatic carbocycles. The summed E-state index contributed by atoms with van der Waals surface area (Å²) in [5, 5.41) is 2.37. The standard InChI is InChI=1S/C24H19N3O2/c1-2-25-24(28)29-20-15-13-19(14-16-20)23-26-21(17-9-5-3-6-10-17)22(27-23)18-11-7-4-8-12-18/h2-16H,1H2,(H,25,28)(H,26,27). The summed E-state index contributed by atoms with van der Waals surface area (Å²) in [6.45, 7) is 3.43. The van der Waals surface area contributed by atoms with E-state index in [0.717, 1.165) is 33.9 Å². The quantitative estimate of drug-likeness (QED) is 0.470. The molecule has 5 nitrogen and oxygen atoms in total. The first-order valence-electron chi connectivity index (χ1n) is 9.15. The van der Waals surface area contributed by atoms with Gasteiger partial charge in [0.05, 0.1) is 11.4 Å². The number of nitrogens with one attached hydrogen (secondary N) is 2. The van der Waals surface area contributed by atoms with Gasteiger partial charge >= 0.3 is 6.09 Å². The topological polar surface area (TPSA) is 67.0 Å². The number of aromatic amines is 1. The van der Waals surface area contributed by atoms with Gasteiger partial charge < -0.3 is 9.72 Å². The van der Waals surface area contributed by atoms with E-state index in [9.17, 15) is 4.79 Å². The third-order valence-corrected chi connectivity index (χ3v) is 4.37. The molecule has 1 amide bonds. The minimum absolute atomic E-state index is 0.436. The number of carbonyl (C=O) groups is 1. The van der Waals surface area contributed by atoms with Crippen LogP contribution in [-0.2, 0) is 0 Å². The van der Waals surface area contributed by atoms with Gasteiger partial charge in [0, 0.05) is 16.7 Å². The predicted molar refractivity (Wildman–Crippen MR) is 114 cm³/mol. The number of benzene rings is 3. The van der Waals surface area contributed by atoms with Gasteiger partial charge in [0.15, 0.2) is 0 Å².